The number of thiol groups is 2. The molecule has 0 aliphatic heterocycles. The first-order chi connectivity index (χ1) is 19.8. The van der Waals surface area contributed by atoms with Crippen molar-refractivity contribution in [2.24, 2.45) is 33.8 Å². The molecule has 0 unspecified atom stereocenters. The molecule has 42 heavy (non-hydrogen) atoms. The number of rotatable bonds is 18. The van der Waals surface area contributed by atoms with Crippen LogP contribution >= 0.6 is 25.3 Å². The van der Waals surface area contributed by atoms with Crippen LogP contribution in [-0.2, 0) is 30.4 Å². The third-order valence-corrected chi connectivity index (χ3v) is 6.85. The Morgan fingerprint density at radius 1 is 0.786 bits per heavy atom. The number of benzene rings is 1. The van der Waals surface area contributed by atoms with Gasteiger partial charge in [0.15, 0.2) is 5.96 Å². The first-order valence-electron chi connectivity index (χ1n) is 13.4. The molecule has 0 saturated carbocycles. The Balaban J connectivity index is 2.98. The Labute approximate surface area is 256 Å². The van der Waals surface area contributed by atoms with Gasteiger partial charge in [0.05, 0.1) is 6.04 Å². The van der Waals surface area contributed by atoms with E-state index in [4.69, 9.17) is 22.9 Å². The maximum absolute atomic E-state index is 13.2. The van der Waals surface area contributed by atoms with Crippen molar-refractivity contribution in [3.05, 3.63) is 35.9 Å². The largest absolute Gasteiger partial charge is 0.370 e. The Bertz CT molecular complexity index is 1090. The van der Waals surface area contributed by atoms with Gasteiger partial charge in [-0.1, -0.05) is 44.2 Å². The summed E-state index contributed by atoms with van der Waals surface area (Å²) < 4.78 is 0. The summed E-state index contributed by atoms with van der Waals surface area (Å²) in [5, 5.41) is 10.2. The number of nitrogens with zero attached hydrogens (tertiary/aromatic N) is 1. The number of carbonyl (C=O) groups excluding carboxylic acids is 5. The predicted octanol–water partition coefficient (Wildman–Crippen LogP) is -2.45. The Kier molecular flexibility index (Phi) is 16.4. The minimum atomic E-state index is -1.14. The highest BCUT2D eigenvalue weighted by atomic mass is 32.1. The lowest BCUT2D eigenvalue weighted by Gasteiger charge is -2.26. The zero-order valence-corrected chi connectivity index (χ0v) is 25.6. The molecule has 0 saturated heterocycles. The zero-order valence-electron chi connectivity index (χ0n) is 23.8. The molecule has 0 heterocycles. The lowest BCUT2D eigenvalue weighted by atomic mass is 10.0. The highest BCUT2D eigenvalue weighted by Gasteiger charge is 2.31. The van der Waals surface area contributed by atoms with Crippen LogP contribution in [0.1, 0.15) is 32.3 Å². The smallest absolute Gasteiger partial charge is 0.244 e. The van der Waals surface area contributed by atoms with Crippen LogP contribution in [0.2, 0.25) is 0 Å². The van der Waals surface area contributed by atoms with Crippen LogP contribution < -0.4 is 44.2 Å². The number of nitrogens with one attached hydrogen (secondary N) is 4. The van der Waals surface area contributed by atoms with Crippen molar-refractivity contribution >= 4 is 60.8 Å². The lowest BCUT2D eigenvalue weighted by molar-refractivity contribution is -0.134. The number of hydrogen-bond acceptors (Lipinski definition) is 9. The maximum Gasteiger partial charge on any atom is 0.244 e. The standard InChI is InChI=1S/C26H43N9O5S2/c1-14(2)20(21(28)36)35-25(40)19(13-42)34-23(38)17(9-6-10-31-26(29)30)32-24(39)18(12-41)33-22(37)16(27)11-15-7-4-3-5-8-15/h3-5,7-8,14,16-20,41-42H,6,9-13,27H2,1-2H3,(H2,28,36)(H,32,39)(H,33,37)(H,34,38)(H,35,40)(H4,29,30,31)/t16-,17-,18-,19-,20-/m0/s1. The molecule has 0 aromatic heterocycles. The fourth-order valence-corrected chi connectivity index (χ4v) is 4.28. The third-order valence-electron chi connectivity index (χ3n) is 6.12. The van der Waals surface area contributed by atoms with Crippen LogP contribution in [0.4, 0.5) is 0 Å². The van der Waals surface area contributed by atoms with Gasteiger partial charge in [-0.2, -0.15) is 25.3 Å². The highest BCUT2D eigenvalue weighted by molar-refractivity contribution is 7.80. The first kappa shape index (κ1) is 36.5. The minimum absolute atomic E-state index is 0.0800. The van der Waals surface area contributed by atoms with Crippen molar-refractivity contribution in [1.29, 1.82) is 0 Å². The molecule has 1 aromatic rings. The molecule has 1 rings (SSSR count). The van der Waals surface area contributed by atoms with E-state index in [1.807, 2.05) is 30.3 Å². The molecule has 234 valence electrons. The molecule has 0 bridgehead atoms. The van der Waals surface area contributed by atoms with Crippen molar-refractivity contribution < 1.29 is 24.0 Å². The molecule has 0 radical (unpaired) electrons. The number of amides is 5. The van der Waals surface area contributed by atoms with Crippen molar-refractivity contribution in [2.45, 2.75) is 63.3 Å². The topological polar surface area (TPSA) is 250 Å². The quantitative estimate of drug-likeness (QED) is 0.0362. The van der Waals surface area contributed by atoms with E-state index in [2.05, 4.69) is 51.5 Å². The molecular weight excluding hydrogens is 582 g/mol. The van der Waals surface area contributed by atoms with Gasteiger partial charge in [-0.3, -0.25) is 29.0 Å². The van der Waals surface area contributed by atoms with Crippen molar-refractivity contribution in [2.75, 3.05) is 18.1 Å². The SMILES string of the molecule is CC(C)[C@H](NC(=O)[C@H](CS)NC(=O)[C@H](CCCN=C(N)N)NC(=O)[C@H](CS)NC(=O)[C@@H](N)Cc1ccccc1)C(N)=O. The van der Waals surface area contributed by atoms with E-state index >= 15 is 0 Å². The van der Waals surface area contributed by atoms with Crippen LogP contribution in [-0.4, -0.2) is 83.8 Å². The van der Waals surface area contributed by atoms with Crippen molar-refractivity contribution in [3.8, 4) is 0 Å². The normalized spacial score (nSPS) is 14.4. The predicted molar refractivity (Wildman–Crippen MR) is 167 cm³/mol. The van der Waals surface area contributed by atoms with Gasteiger partial charge in [-0.25, -0.2) is 0 Å². The fourth-order valence-electron chi connectivity index (χ4n) is 3.76. The second-order valence-corrected chi connectivity index (χ2v) is 10.7. The van der Waals surface area contributed by atoms with Gasteiger partial charge in [0.1, 0.15) is 24.2 Å². The molecule has 5 atom stereocenters. The second kappa shape index (κ2) is 18.8. The summed E-state index contributed by atoms with van der Waals surface area (Å²) >= 11 is 8.33. The van der Waals surface area contributed by atoms with E-state index in [-0.39, 0.29) is 42.8 Å². The van der Waals surface area contributed by atoms with Gasteiger partial charge < -0.3 is 44.2 Å². The van der Waals surface area contributed by atoms with E-state index in [0.717, 1.165) is 5.56 Å². The average molecular weight is 626 g/mol. The maximum atomic E-state index is 13.2. The summed E-state index contributed by atoms with van der Waals surface area (Å²) in [6.45, 7) is 3.59. The van der Waals surface area contributed by atoms with E-state index < -0.39 is 59.7 Å². The van der Waals surface area contributed by atoms with Crippen LogP contribution in [0, 0.1) is 5.92 Å². The number of carbonyl (C=O) groups is 5. The summed E-state index contributed by atoms with van der Waals surface area (Å²) in [7, 11) is 0. The highest BCUT2D eigenvalue weighted by Crippen LogP contribution is 2.06. The molecule has 14 nitrogen and oxygen atoms in total. The molecule has 0 fully saturated rings. The molecule has 5 amide bonds. The second-order valence-electron chi connectivity index (χ2n) is 9.93. The van der Waals surface area contributed by atoms with Gasteiger partial charge in [0.2, 0.25) is 29.5 Å². The first-order valence-corrected chi connectivity index (χ1v) is 14.6. The van der Waals surface area contributed by atoms with Gasteiger partial charge in [0, 0.05) is 18.1 Å². The minimum Gasteiger partial charge on any atom is -0.370 e. The Hall–Kier alpha value is -3.50. The van der Waals surface area contributed by atoms with Crippen LogP contribution in [0.3, 0.4) is 0 Å². The lowest BCUT2D eigenvalue weighted by Crippen LogP contribution is -2.59. The van der Waals surface area contributed by atoms with Crippen molar-refractivity contribution in [3.63, 3.8) is 0 Å². The number of nitrogens with two attached hydrogens (primary N) is 4. The summed E-state index contributed by atoms with van der Waals surface area (Å²) in [6.07, 6.45) is 0.640. The average Bonchev–Trinajstić information content (AvgIpc) is 2.94. The van der Waals surface area contributed by atoms with Gasteiger partial charge >= 0.3 is 0 Å². The third kappa shape index (κ3) is 13.0. The fraction of sp³-hybridized carbons (Fsp3) is 0.538. The van der Waals surface area contributed by atoms with Crippen LogP contribution in [0.25, 0.3) is 0 Å². The Morgan fingerprint density at radius 2 is 1.29 bits per heavy atom. The summed E-state index contributed by atoms with van der Waals surface area (Å²) in [4.78, 5) is 67.4. The number of primary amides is 1. The molecule has 0 aliphatic rings. The number of hydrogen-bond donors (Lipinski definition) is 10. The summed E-state index contributed by atoms with van der Waals surface area (Å²) in [5.74, 6) is -3.97. The monoisotopic (exact) mass is 625 g/mol. The van der Waals surface area contributed by atoms with Gasteiger partial charge in [0.25, 0.3) is 0 Å². The van der Waals surface area contributed by atoms with E-state index in [1.165, 1.54) is 0 Å². The number of aliphatic imine (C=N–C) groups is 1. The Morgan fingerprint density at radius 3 is 1.79 bits per heavy atom. The van der Waals surface area contributed by atoms with Crippen molar-refractivity contribution in [1.82, 2.24) is 21.3 Å². The molecule has 0 spiro atoms. The van der Waals surface area contributed by atoms with Gasteiger partial charge in [-0.05, 0) is 30.7 Å². The molecular formula is C26H43N9O5S2. The molecule has 0 aliphatic carbocycles. The summed E-state index contributed by atoms with van der Waals surface area (Å²) in [5.41, 5.74) is 23.0. The van der Waals surface area contributed by atoms with Gasteiger partial charge in [-0.15, -0.1) is 0 Å². The summed E-state index contributed by atoms with van der Waals surface area (Å²) in [6, 6.07) is 3.87. The number of guanidine groups is 1. The van der Waals surface area contributed by atoms with E-state index in [0.29, 0.717) is 6.42 Å². The van der Waals surface area contributed by atoms with Crippen LogP contribution in [0.15, 0.2) is 35.3 Å². The molecule has 1 aromatic carbocycles. The van der Waals surface area contributed by atoms with E-state index in [1.54, 1.807) is 13.8 Å². The van der Waals surface area contributed by atoms with Crippen LogP contribution in [0.5, 0.6) is 0 Å². The van der Waals surface area contributed by atoms with E-state index in [9.17, 15) is 24.0 Å². The zero-order chi connectivity index (χ0) is 31.8. The molecule has 16 heteroatoms. The molecule has 12 N–H and O–H groups in total.